The molecule has 1 N–H and O–H groups in total. The van der Waals surface area contributed by atoms with Crippen molar-refractivity contribution in [2.45, 2.75) is 19.5 Å². The van der Waals surface area contributed by atoms with Crippen LogP contribution >= 0.6 is 0 Å². The molecular weight excluding hydrogens is 285 g/mol. The Morgan fingerprint density at radius 1 is 1.19 bits per heavy atom. The predicted molar refractivity (Wildman–Crippen MR) is 86.1 cm³/mol. The van der Waals surface area contributed by atoms with Crippen molar-refractivity contribution < 1.29 is 8.60 Å². The number of hydrogen-bond acceptors (Lipinski definition) is 2. The van der Waals surface area contributed by atoms with Crippen LogP contribution in [0.3, 0.4) is 0 Å². The van der Waals surface area contributed by atoms with Gasteiger partial charge in [0.15, 0.2) is 0 Å². The maximum absolute atomic E-state index is 13.8. The molecule has 0 radical (unpaired) electrons. The zero-order valence-electron chi connectivity index (χ0n) is 12.3. The molecule has 0 aliphatic rings. The molecule has 21 heavy (non-hydrogen) atoms. The molecule has 0 amide bonds. The van der Waals surface area contributed by atoms with E-state index in [1.807, 2.05) is 43.3 Å². The molecule has 4 heteroatoms. The molecule has 0 aliphatic heterocycles. The molecule has 0 fully saturated rings. The molecular formula is C17H20FNOS. The third-order valence-corrected chi connectivity index (χ3v) is 4.15. The third-order valence-electron chi connectivity index (χ3n) is 3.34. The second kappa shape index (κ2) is 7.48. The van der Waals surface area contributed by atoms with E-state index < -0.39 is 10.8 Å². The largest absolute Gasteiger partial charge is 0.305 e. The molecule has 0 bridgehead atoms. The van der Waals surface area contributed by atoms with Gasteiger partial charge in [0.25, 0.3) is 0 Å². The van der Waals surface area contributed by atoms with Crippen molar-refractivity contribution >= 4 is 10.8 Å². The van der Waals surface area contributed by atoms with Gasteiger partial charge in [-0.1, -0.05) is 48.0 Å². The van der Waals surface area contributed by atoms with Crippen molar-refractivity contribution in [3.05, 3.63) is 71.0 Å². The molecule has 0 saturated heterocycles. The lowest BCUT2D eigenvalue weighted by Crippen LogP contribution is -2.26. The van der Waals surface area contributed by atoms with E-state index in [1.54, 1.807) is 12.3 Å². The van der Waals surface area contributed by atoms with Crippen LogP contribution in [-0.2, 0) is 17.3 Å². The molecule has 0 spiro atoms. The zero-order valence-corrected chi connectivity index (χ0v) is 13.1. The van der Waals surface area contributed by atoms with Gasteiger partial charge in [-0.05, 0) is 18.6 Å². The van der Waals surface area contributed by atoms with E-state index >= 15 is 0 Å². The summed E-state index contributed by atoms with van der Waals surface area (Å²) in [6.07, 6.45) is 1.69. The molecule has 0 aromatic heterocycles. The van der Waals surface area contributed by atoms with E-state index in [4.69, 9.17) is 0 Å². The maximum atomic E-state index is 13.8. The second-order valence-electron chi connectivity index (χ2n) is 5.18. The quantitative estimate of drug-likeness (QED) is 0.887. The minimum Gasteiger partial charge on any atom is -0.305 e. The topological polar surface area (TPSA) is 29.1 Å². The van der Waals surface area contributed by atoms with Gasteiger partial charge in [0, 0.05) is 41.0 Å². The molecule has 0 heterocycles. The summed E-state index contributed by atoms with van der Waals surface area (Å²) in [6.45, 7) is 2.36. The minimum absolute atomic E-state index is 0.0445. The molecule has 0 unspecified atom stereocenters. The number of hydrogen-bond donors (Lipinski definition) is 1. The summed E-state index contributed by atoms with van der Waals surface area (Å²) < 4.78 is 25.3. The van der Waals surface area contributed by atoms with Gasteiger partial charge in [-0.25, -0.2) is 4.39 Å². The molecule has 2 atom stereocenters. The first-order valence-corrected chi connectivity index (χ1v) is 8.62. The van der Waals surface area contributed by atoms with Crippen LogP contribution in [0.25, 0.3) is 0 Å². The van der Waals surface area contributed by atoms with Crippen molar-refractivity contribution in [2.24, 2.45) is 0 Å². The van der Waals surface area contributed by atoms with Crippen molar-refractivity contribution in [3.63, 3.8) is 0 Å². The van der Waals surface area contributed by atoms with Crippen LogP contribution < -0.4 is 5.32 Å². The number of rotatable bonds is 6. The van der Waals surface area contributed by atoms with Gasteiger partial charge in [-0.3, -0.25) is 4.21 Å². The second-order valence-corrected chi connectivity index (χ2v) is 6.66. The lowest BCUT2D eigenvalue weighted by atomic mass is 10.1. The molecule has 112 valence electrons. The Balaban J connectivity index is 2.12. The highest BCUT2D eigenvalue weighted by Gasteiger charge is 2.13. The Labute approximate surface area is 127 Å². The van der Waals surface area contributed by atoms with Gasteiger partial charge in [-0.2, -0.15) is 0 Å². The Hall–Kier alpha value is -1.52. The number of nitrogens with one attached hydrogen (secondary N) is 1. The fourth-order valence-electron chi connectivity index (χ4n) is 2.27. The number of benzene rings is 2. The van der Waals surface area contributed by atoms with Gasteiger partial charge < -0.3 is 5.32 Å². The van der Waals surface area contributed by atoms with Crippen LogP contribution in [0.4, 0.5) is 4.39 Å². The Kier molecular flexibility index (Phi) is 5.65. The SMILES string of the molecule is Cc1ccc(F)c(CN[C@@H](C[S@@](C)=O)c2ccccc2)c1. The highest BCUT2D eigenvalue weighted by Crippen LogP contribution is 2.16. The first-order chi connectivity index (χ1) is 10.1. The predicted octanol–water partition coefficient (Wildman–Crippen LogP) is 3.34. The monoisotopic (exact) mass is 305 g/mol. The Morgan fingerprint density at radius 3 is 2.57 bits per heavy atom. The van der Waals surface area contributed by atoms with Crippen molar-refractivity contribution in [1.29, 1.82) is 0 Å². The number of aryl methyl sites for hydroxylation is 1. The molecule has 2 nitrogen and oxygen atoms in total. The molecule has 2 aromatic carbocycles. The molecule has 2 aromatic rings. The number of halogens is 1. The van der Waals surface area contributed by atoms with Gasteiger partial charge in [0.05, 0.1) is 0 Å². The third kappa shape index (κ3) is 4.76. The van der Waals surface area contributed by atoms with Gasteiger partial charge in [-0.15, -0.1) is 0 Å². The smallest absolute Gasteiger partial charge is 0.127 e. The first-order valence-electron chi connectivity index (χ1n) is 6.89. The van der Waals surface area contributed by atoms with Gasteiger partial charge >= 0.3 is 0 Å². The zero-order chi connectivity index (χ0) is 15.2. The first kappa shape index (κ1) is 15.9. The summed E-state index contributed by atoms with van der Waals surface area (Å²) in [5.41, 5.74) is 2.74. The summed E-state index contributed by atoms with van der Waals surface area (Å²) in [7, 11) is -0.920. The van der Waals surface area contributed by atoms with E-state index in [9.17, 15) is 8.60 Å². The van der Waals surface area contributed by atoms with Crippen LogP contribution in [0.2, 0.25) is 0 Å². The summed E-state index contributed by atoms with van der Waals surface area (Å²) in [4.78, 5) is 0. The van der Waals surface area contributed by atoms with Crippen LogP contribution in [0.1, 0.15) is 22.7 Å². The van der Waals surface area contributed by atoms with Gasteiger partial charge in [0.1, 0.15) is 5.82 Å². The Morgan fingerprint density at radius 2 is 1.90 bits per heavy atom. The molecule has 2 rings (SSSR count). The van der Waals surface area contributed by atoms with E-state index in [2.05, 4.69) is 5.32 Å². The molecule has 0 saturated carbocycles. The Bertz CT molecular complexity index is 615. The van der Waals surface area contributed by atoms with Gasteiger partial charge in [0.2, 0.25) is 0 Å². The highest BCUT2D eigenvalue weighted by molar-refractivity contribution is 7.84. The summed E-state index contributed by atoms with van der Waals surface area (Å²) in [5.74, 6) is 0.301. The highest BCUT2D eigenvalue weighted by atomic mass is 32.2. The summed E-state index contributed by atoms with van der Waals surface area (Å²) in [6, 6.07) is 14.9. The van der Waals surface area contributed by atoms with E-state index in [1.165, 1.54) is 6.07 Å². The normalized spacial score (nSPS) is 13.9. The lowest BCUT2D eigenvalue weighted by molar-refractivity contribution is 0.544. The summed E-state index contributed by atoms with van der Waals surface area (Å²) >= 11 is 0. The van der Waals surface area contributed by atoms with Crippen LogP contribution in [-0.4, -0.2) is 16.2 Å². The van der Waals surface area contributed by atoms with Crippen molar-refractivity contribution in [2.75, 3.05) is 12.0 Å². The maximum Gasteiger partial charge on any atom is 0.127 e. The summed E-state index contributed by atoms with van der Waals surface area (Å²) in [5, 5.41) is 3.32. The van der Waals surface area contributed by atoms with Crippen LogP contribution in [0.5, 0.6) is 0 Å². The molecule has 0 aliphatic carbocycles. The van der Waals surface area contributed by atoms with Crippen molar-refractivity contribution in [1.82, 2.24) is 5.32 Å². The van der Waals surface area contributed by atoms with Crippen molar-refractivity contribution in [3.8, 4) is 0 Å². The average molecular weight is 305 g/mol. The van der Waals surface area contributed by atoms with E-state index in [0.717, 1.165) is 11.1 Å². The lowest BCUT2D eigenvalue weighted by Gasteiger charge is -2.18. The van der Waals surface area contributed by atoms with E-state index in [-0.39, 0.29) is 11.9 Å². The van der Waals surface area contributed by atoms with E-state index in [0.29, 0.717) is 17.9 Å². The van der Waals surface area contributed by atoms with Crippen LogP contribution in [0.15, 0.2) is 48.5 Å². The fraction of sp³-hybridized carbons (Fsp3) is 0.294. The minimum atomic E-state index is -0.920. The van der Waals surface area contributed by atoms with Crippen LogP contribution in [0, 0.1) is 12.7 Å². The fourth-order valence-corrected chi connectivity index (χ4v) is 3.04. The standard InChI is InChI=1S/C17H20FNOS/c1-13-8-9-16(18)15(10-13)11-19-17(12-21(2)20)14-6-4-3-5-7-14/h3-10,17,19H,11-12H2,1-2H3/t17-,21+/m0/s1. The average Bonchev–Trinajstić information content (AvgIpc) is 2.47.